The fraction of sp³-hybridized carbons (Fsp3) is 0.474. The molecule has 0 spiro atoms. The lowest BCUT2D eigenvalue weighted by molar-refractivity contribution is -0.197. The number of hydroxylamine groups is 2. The van der Waals surface area contributed by atoms with Crippen LogP contribution in [0.1, 0.15) is 56.9 Å². The highest BCUT2D eigenvalue weighted by atomic mass is 16.7. The number of unbranched alkanes of at least 4 members (excludes halogenated alkanes) is 3. The van der Waals surface area contributed by atoms with Gasteiger partial charge in [-0.15, -0.1) is 5.06 Å². The van der Waals surface area contributed by atoms with Crippen molar-refractivity contribution in [2.24, 2.45) is 0 Å². The van der Waals surface area contributed by atoms with Crippen molar-refractivity contribution < 1.29 is 28.8 Å². The Morgan fingerprint density at radius 2 is 1.42 bits per heavy atom. The lowest BCUT2D eigenvalue weighted by atomic mass is 10.1. The third-order valence-electron chi connectivity index (χ3n) is 3.95. The lowest BCUT2D eigenvalue weighted by Crippen LogP contribution is -2.31. The van der Waals surface area contributed by atoms with E-state index < -0.39 is 17.8 Å². The van der Waals surface area contributed by atoms with Crippen molar-refractivity contribution in [2.45, 2.75) is 58.0 Å². The highest BCUT2D eigenvalue weighted by Gasteiger charge is 2.32. The van der Waals surface area contributed by atoms with Crippen LogP contribution >= 0.6 is 0 Å². The summed E-state index contributed by atoms with van der Waals surface area (Å²) in [6.45, 7) is 0.277. The van der Waals surface area contributed by atoms with Crippen LogP contribution in [-0.2, 0) is 35.4 Å². The van der Waals surface area contributed by atoms with Gasteiger partial charge in [-0.05, 0) is 18.4 Å². The first-order valence-corrected chi connectivity index (χ1v) is 8.82. The first kappa shape index (κ1) is 19.6. The Bertz CT molecular complexity index is 627. The molecule has 0 atom stereocenters. The van der Waals surface area contributed by atoms with Gasteiger partial charge >= 0.3 is 11.9 Å². The quantitative estimate of drug-likeness (QED) is 0.362. The van der Waals surface area contributed by atoms with Crippen molar-refractivity contribution in [3.8, 4) is 0 Å². The molecular weight excluding hydrogens is 338 g/mol. The standard InChI is InChI=1S/C19H23NO6/c21-16-12-13-17(22)20(16)26-19(24)11-7-2-1-6-10-18(23)25-14-15-8-4-3-5-9-15/h3-5,8-9H,1-2,6-7,10-14H2. The maximum Gasteiger partial charge on any atom is 0.333 e. The monoisotopic (exact) mass is 361 g/mol. The maximum atomic E-state index is 11.6. The predicted octanol–water partition coefficient (Wildman–Crippen LogP) is 2.68. The van der Waals surface area contributed by atoms with Gasteiger partial charge in [0, 0.05) is 25.7 Å². The second-order valence-electron chi connectivity index (χ2n) is 6.11. The Balaban J connectivity index is 1.48. The lowest BCUT2D eigenvalue weighted by Gasteiger charge is -2.12. The highest BCUT2D eigenvalue weighted by Crippen LogP contribution is 2.14. The molecule has 7 nitrogen and oxygen atoms in total. The molecular formula is C19H23NO6. The van der Waals surface area contributed by atoms with E-state index in [1.54, 1.807) is 0 Å². The summed E-state index contributed by atoms with van der Waals surface area (Å²) in [6, 6.07) is 9.49. The number of nitrogens with zero attached hydrogens (tertiary/aromatic N) is 1. The van der Waals surface area contributed by atoms with Crippen LogP contribution in [0.2, 0.25) is 0 Å². The molecule has 7 heteroatoms. The zero-order chi connectivity index (χ0) is 18.8. The molecule has 140 valence electrons. The zero-order valence-corrected chi connectivity index (χ0v) is 14.6. The number of rotatable bonds is 10. The van der Waals surface area contributed by atoms with E-state index in [-0.39, 0.29) is 31.8 Å². The SMILES string of the molecule is O=C(CCCCCCC(=O)ON1C(=O)CCC1=O)OCc1ccccc1. The predicted molar refractivity (Wildman–Crippen MR) is 91.1 cm³/mol. The average molecular weight is 361 g/mol. The summed E-state index contributed by atoms with van der Waals surface area (Å²) in [5.41, 5.74) is 0.953. The van der Waals surface area contributed by atoms with Gasteiger partial charge in [0.15, 0.2) is 0 Å². The molecule has 26 heavy (non-hydrogen) atoms. The van der Waals surface area contributed by atoms with Gasteiger partial charge in [-0.2, -0.15) is 0 Å². The average Bonchev–Trinajstić information content (AvgIpc) is 2.95. The zero-order valence-electron chi connectivity index (χ0n) is 14.6. The molecule has 1 fully saturated rings. The molecule has 0 aliphatic carbocycles. The minimum atomic E-state index is -0.587. The molecule has 1 aromatic carbocycles. The molecule has 2 rings (SSSR count). The van der Waals surface area contributed by atoms with E-state index in [4.69, 9.17) is 9.57 Å². The summed E-state index contributed by atoms with van der Waals surface area (Å²) in [4.78, 5) is 50.7. The molecule has 1 aliphatic heterocycles. The van der Waals surface area contributed by atoms with Crippen LogP contribution in [0.15, 0.2) is 30.3 Å². The second kappa shape index (κ2) is 10.3. The Labute approximate surface area is 152 Å². The molecule has 2 amide bonds. The van der Waals surface area contributed by atoms with Crippen LogP contribution in [0.4, 0.5) is 0 Å². The molecule has 1 aliphatic rings. The maximum absolute atomic E-state index is 11.6. The largest absolute Gasteiger partial charge is 0.461 e. The summed E-state index contributed by atoms with van der Waals surface area (Å²) in [5, 5.41) is 0.561. The number of ether oxygens (including phenoxy) is 1. The van der Waals surface area contributed by atoms with E-state index in [0.717, 1.165) is 18.4 Å². The van der Waals surface area contributed by atoms with Gasteiger partial charge in [-0.25, -0.2) is 4.79 Å². The molecule has 0 aromatic heterocycles. The van der Waals surface area contributed by atoms with Crippen LogP contribution in [0.3, 0.4) is 0 Å². The van der Waals surface area contributed by atoms with Crippen molar-refractivity contribution in [2.75, 3.05) is 0 Å². The number of hydrogen-bond donors (Lipinski definition) is 0. The van der Waals surface area contributed by atoms with Crippen molar-refractivity contribution in [3.63, 3.8) is 0 Å². The van der Waals surface area contributed by atoms with Gasteiger partial charge < -0.3 is 9.57 Å². The van der Waals surface area contributed by atoms with Gasteiger partial charge in [0.05, 0.1) is 0 Å². The molecule has 0 N–H and O–H groups in total. The van der Waals surface area contributed by atoms with E-state index in [2.05, 4.69) is 0 Å². The molecule has 0 unspecified atom stereocenters. The van der Waals surface area contributed by atoms with Crippen molar-refractivity contribution in [1.29, 1.82) is 0 Å². The normalized spacial score (nSPS) is 13.8. The number of imide groups is 1. The molecule has 0 radical (unpaired) electrons. The van der Waals surface area contributed by atoms with E-state index in [1.165, 1.54) is 0 Å². The minimum absolute atomic E-state index is 0.0898. The molecule has 1 saturated heterocycles. The number of carbonyl (C=O) groups excluding carboxylic acids is 4. The first-order chi connectivity index (χ1) is 12.6. The van der Waals surface area contributed by atoms with Crippen LogP contribution in [0.25, 0.3) is 0 Å². The number of carbonyl (C=O) groups is 4. The van der Waals surface area contributed by atoms with Gasteiger partial charge in [0.2, 0.25) is 0 Å². The Morgan fingerprint density at radius 3 is 2.04 bits per heavy atom. The number of benzene rings is 1. The first-order valence-electron chi connectivity index (χ1n) is 8.82. The van der Waals surface area contributed by atoms with Crippen molar-refractivity contribution >= 4 is 23.8 Å². The fourth-order valence-electron chi connectivity index (χ4n) is 2.51. The summed E-state index contributed by atoms with van der Waals surface area (Å²) in [7, 11) is 0. The molecule has 1 heterocycles. The Kier molecular flexibility index (Phi) is 7.79. The summed E-state index contributed by atoms with van der Waals surface area (Å²) in [6.07, 6.45) is 3.46. The fourth-order valence-corrected chi connectivity index (χ4v) is 2.51. The van der Waals surface area contributed by atoms with E-state index >= 15 is 0 Å². The topological polar surface area (TPSA) is 90.0 Å². The van der Waals surface area contributed by atoms with Crippen LogP contribution in [-0.4, -0.2) is 28.8 Å². The Hall–Kier alpha value is -2.70. The number of amides is 2. The van der Waals surface area contributed by atoms with Gasteiger partial charge in [-0.1, -0.05) is 43.2 Å². The van der Waals surface area contributed by atoms with Crippen LogP contribution in [0.5, 0.6) is 0 Å². The van der Waals surface area contributed by atoms with Crippen molar-refractivity contribution in [1.82, 2.24) is 5.06 Å². The third kappa shape index (κ3) is 6.66. The molecule has 1 aromatic rings. The summed E-state index contributed by atoms with van der Waals surface area (Å²) in [5.74, 6) is -1.77. The second-order valence-corrected chi connectivity index (χ2v) is 6.11. The highest BCUT2D eigenvalue weighted by molar-refractivity contribution is 6.01. The van der Waals surface area contributed by atoms with E-state index in [0.29, 0.717) is 24.3 Å². The van der Waals surface area contributed by atoms with Gasteiger partial charge in [0.1, 0.15) is 6.61 Å². The van der Waals surface area contributed by atoms with Crippen LogP contribution in [0, 0.1) is 0 Å². The number of hydrogen-bond acceptors (Lipinski definition) is 6. The summed E-state index contributed by atoms with van der Waals surface area (Å²) < 4.78 is 5.18. The third-order valence-corrected chi connectivity index (χ3v) is 3.95. The van der Waals surface area contributed by atoms with Gasteiger partial charge in [-0.3, -0.25) is 14.4 Å². The summed E-state index contributed by atoms with van der Waals surface area (Å²) >= 11 is 0. The molecule has 0 saturated carbocycles. The van der Waals surface area contributed by atoms with Crippen LogP contribution < -0.4 is 0 Å². The smallest absolute Gasteiger partial charge is 0.333 e. The molecule has 0 bridgehead atoms. The number of esters is 1. The van der Waals surface area contributed by atoms with E-state index in [9.17, 15) is 19.2 Å². The Morgan fingerprint density at radius 1 is 0.846 bits per heavy atom. The van der Waals surface area contributed by atoms with E-state index in [1.807, 2.05) is 30.3 Å². The van der Waals surface area contributed by atoms with Gasteiger partial charge in [0.25, 0.3) is 11.8 Å². The minimum Gasteiger partial charge on any atom is -0.461 e. The van der Waals surface area contributed by atoms with Crippen molar-refractivity contribution in [3.05, 3.63) is 35.9 Å².